The zero-order chi connectivity index (χ0) is 13.5. The van der Waals surface area contributed by atoms with E-state index in [0.29, 0.717) is 13.1 Å². The van der Waals surface area contributed by atoms with Crippen molar-refractivity contribution in [2.75, 3.05) is 39.0 Å². The lowest BCUT2D eigenvalue weighted by atomic mass is 10.4. The zero-order valence-corrected chi connectivity index (χ0v) is 12.3. The highest BCUT2D eigenvalue weighted by Crippen LogP contribution is 2.15. The molecule has 1 aromatic heterocycles. The van der Waals surface area contributed by atoms with Crippen LogP contribution in [0.2, 0.25) is 0 Å². The number of rotatable bonds is 7. The molecule has 0 saturated heterocycles. The number of hydrogen-bond donors (Lipinski definition) is 1. The molecule has 1 rings (SSSR count). The highest BCUT2D eigenvalue weighted by molar-refractivity contribution is 7.15. The van der Waals surface area contributed by atoms with Gasteiger partial charge in [-0.25, -0.2) is 0 Å². The lowest BCUT2D eigenvalue weighted by molar-refractivity contribution is -0.131. The van der Waals surface area contributed by atoms with Gasteiger partial charge in [0.1, 0.15) is 5.01 Å². The molecular weight excluding hydrogens is 250 g/mol. The largest absolute Gasteiger partial charge is 0.363 e. The molecule has 0 aliphatic rings. The second-order valence-electron chi connectivity index (χ2n) is 3.99. The first-order valence-electron chi connectivity index (χ1n) is 6.07. The predicted molar refractivity (Wildman–Crippen MR) is 73.7 cm³/mol. The van der Waals surface area contributed by atoms with Crippen LogP contribution in [0.1, 0.15) is 18.9 Å². The molecule has 1 amide bonds. The molecule has 0 bridgehead atoms. The summed E-state index contributed by atoms with van der Waals surface area (Å²) in [6.45, 7) is 6.55. The molecule has 0 aliphatic heterocycles. The Labute approximate surface area is 112 Å². The van der Waals surface area contributed by atoms with Gasteiger partial charge in [0, 0.05) is 20.1 Å². The van der Waals surface area contributed by atoms with Crippen LogP contribution >= 0.6 is 11.3 Å². The maximum atomic E-state index is 11.9. The Morgan fingerprint density at radius 3 is 2.50 bits per heavy atom. The van der Waals surface area contributed by atoms with E-state index in [2.05, 4.69) is 15.5 Å². The van der Waals surface area contributed by atoms with E-state index < -0.39 is 0 Å². The maximum Gasteiger partial charge on any atom is 0.236 e. The summed E-state index contributed by atoms with van der Waals surface area (Å²) in [6.07, 6.45) is 0. The molecule has 0 radical (unpaired) electrons. The number of carbonyl (C=O) groups excluding carboxylic acids is 1. The number of nitrogens with zero attached hydrogens (tertiary/aromatic N) is 4. The van der Waals surface area contributed by atoms with Crippen molar-refractivity contribution in [2.45, 2.75) is 20.4 Å². The minimum atomic E-state index is 0.154. The van der Waals surface area contributed by atoms with Crippen LogP contribution in [0.3, 0.4) is 0 Å². The SMILES string of the molecule is CCN(CC)C(=O)CN(C)Cc1nnc(NC)s1. The lowest BCUT2D eigenvalue weighted by Crippen LogP contribution is -2.38. The maximum absolute atomic E-state index is 11.9. The molecule has 6 nitrogen and oxygen atoms in total. The van der Waals surface area contributed by atoms with Crippen molar-refractivity contribution < 1.29 is 4.79 Å². The number of anilines is 1. The molecule has 0 saturated carbocycles. The second kappa shape index (κ2) is 7.27. The van der Waals surface area contributed by atoms with Crippen molar-refractivity contribution in [1.29, 1.82) is 0 Å². The van der Waals surface area contributed by atoms with Crippen LogP contribution in [0.15, 0.2) is 0 Å². The van der Waals surface area contributed by atoms with Gasteiger partial charge >= 0.3 is 0 Å². The van der Waals surface area contributed by atoms with Crippen molar-refractivity contribution in [3.05, 3.63) is 5.01 Å². The summed E-state index contributed by atoms with van der Waals surface area (Å²) in [5.74, 6) is 0.154. The summed E-state index contributed by atoms with van der Waals surface area (Å²) in [4.78, 5) is 15.7. The van der Waals surface area contributed by atoms with E-state index in [9.17, 15) is 4.79 Å². The van der Waals surface area contributed by atoms with Crippen LogP contribution in [0, 0.1) is 0 Å². The molecule has 0 spiro atoms. The van der Waals surface area contributed by atoms with Gasteiger partial charge in [-0.05, 0) is 20.9 Å². The average molecular weight is 271 g/mol. The van der Waals surface area contributed by atoms with Gasteiger partial charge in [0.2, 0.25) is 11.0 Å². The van der Waals surface area contributed by atoms with Crippen molar-refractivity contribution in [2.24, 2.45) is 0 Å². The molecule has 18 heavy (non-hydrogen) atoms. The monoisotopic (exact) mass is 271 g/mol. The van der Waals surface area contributed by atoms with E-state index in [1.165, 1.54) is 11.3 Å². The molecule has 1 heterocycles. The first-order valence-corrected chi connectivity index (χ1v) is 6.88. The Bertz CT molecular complexity index is 377. The number of amides is 1. The highest BCUT2D eigenvalue weighted by Gasteiger charge is 2.13. The fraction of sp³-hybridized carbons (Fsp3) is 0.727. The number of likely N-dealkylation sites (N-methyl/N-ethyl adjacent to an activating group) is 2. The molecule has 0 unspecified atom stereocenters. The number of aromatic nitrogens is 2. The van der Waals surface area contributed by atoms with Gasteiger partial charge in [0.05, 0.1) is 13.1 Å². The summed E-state index contributed by atoms with van der Waals surface area (Å²) in [6, 6.07) is 0. The average Bonchev–Trinajstić information content (AvgIpc) is 2.78. The van der Waals surface area contributed by atoms with Crippen LogP contribution in [-0.4, -0.2) is 59.6 Å². The Morgan fingerprint density at radius 2 is 2.00 bits per heavy atom. The minimum Gasteiger partial charge on any atom is -0.363 e. The van der Waals surface area contributed by atoms with Gasteiger partial charge in [-0.3, -0.25) is 9.69 Å². The predicted octanol–water partition coefficient (Wildman–Crippen LogP) is 0.880. The summed E-state index contributed by atoms with van der Waals surface area (Å²) < 4.78 is 0. The quantitative estimate of drug-likeness (QED) is 0.797. The van der Waals surface area contributed by atoms with Crippen LogP contribution in [0.25, 0.3) is 0 Å². The summed E-state index contributed by atoms with van der Waals surface area (Å²) in [5.41, 5.74) is 0. The molecule has 0 aromatic carbocycles. The molecule has 7 heteroatoms. The van der Waals surface area contributed by atoms with Gasteiger partial charge in [0.15, 0.2) is 0 Å². The van der Waals surface area contributed by atoms with E-state index in [-0.39, 0.29) is 5.91 Å². The van der Waals surface area contributed by atoms with Crippen molar-refractivity contribution >= 4 is 22.4 Å². The first-order chi connectivity index (χ1) is 8.60. The topological polar surface area (TPSA) is 61.4 Å². The third-order valence-corrected chi connectivity index (χ3v) is 3.53. The van der Waals surface area contributed by atoms with E-state index in [1.807, 2.05) is 37.7 Å². The van der Waals surface area contributed by atoms with Crippen LogP contribution in [-0.2, 0) is 11.3 Å². The standard InChI is InChI=1S/C11H21N5OS/c1-5-16(6-2)10(17)8-15(4)7-9-13-14-11(12-3)18-9/h5-8H2,1-4H3,(H,12,14). The van der Waals surface area contributed by atoms with E-state index in [0.717, 1.165) is 23.2 Å². The fourth-order valence-corrected chi connectivity index (χ4v) is 2.39. The Kier molecular flexibility index (Phi) is 6.00. The smallest absolute Gasteiger partial charge is 0.236 e. The van der Waals surface area contributed by atoms with Gasteiger partial charge in [0.25, 0.3) is 0 Å². The Balaban J connectivity index is 2.45. The highest BCUT2D eigenvalue weighted by atomic mass is 32.1. The van der Waals surface area contributed by atoms with E-state index in [1.54, 1.807) is 0 Å². The van der Waals surface area contributed by atoms with Gasteiger partial charge in [-0.2, -0.15) is 0 Å². The third kappa shape index (κ3) is 4.23. The molecule has 0 fully saturated rings. The first kappa shape index (κ1) is 14.8. The molecule has 0 aliphatic carbocycles. The van der Waals surface area contributed by atoms with Gasteiger partial charge < -0.3 is 10.2 Å². The van der Waals surface area contributed by atoms with E-state index in [4.69, 9.17) is 0 Å². The Morgan fingerprint density at radius 1 is 1.33 bits per heavy atom. The minimum absolute atomic E-state index is 0.154. The van der Waals surface area contributed by atoms with Crippen LogP contribution in [0.5, 0.6) is 0 Å². The van der Waals surface area contributed by atoms with Crippen molar-refractivity contribution in [3.63, 3.8) is 0 Å². The van der Waals surface area contributed by atoms with Crippen LogP contribution in [0.4, 0.5) is 5.13 Å². The number of carbonyl (C=O) groups is 1. The zero-order valence-electron chi connectivity index (χ0n) is 11.4. The molecule has 1 aromatic rings. The fourth-order valence-electron chi connectivity index (χ4n) is 1.61. The number of nitrogens with one attached hydrogen (secondary N) is 1. The van der Waals surface area contributed by atoms with E-state index >= 15 is 0 Å². The Hall–Kier alpha value is -1.21. The molecule has 1 N–H and O–H groups in total. The molecular formula is C11H21N5OS. The number of hydrogen-bond acceptors (Lipinski definition) is 6. The third-order valence-electron chi connectivity index (χ3n) is 2.61. The normalized spacial score (nSPS) is 10.7. The van der Waals surface area contributed by atoms with Crippen molar-refractivity contribution in [1.82, 2.24) is 20.0 Å². The van der Waals surface area contributed by atoms with Gasteiger partial charge in [-0.1, -0.05) is 11.3 Å². The lowest BCUT2D eigenvalue weighted by Gasteiger charge is -2.22. The summed E-state index contributed by atoms with van der Waals surface area (Å²) >= 11 is 1.51. The van der Waals surface area contributed by atoms with Crippen LogP contribution < -0.4 is 5.32 Å². The second-order valence-corrected chi connectivity index (χ2v) is 5.05. The molecule has 102 valence electrons. The molecule has 0 atom stereocenters. The summed E-state index contributed by atoms with van der Waals surface area (Å²) in [7, 11) is 3.74. The van der Waals surface area contributed by atoms with Gasteiger partial charge in [-0.15, -0.1) is 10.2 Å². The summed E-state index contributed by atoms with van der Waals surface area (Å²) in [5, 5.41) is 12.7. The van der Waals surface area contributed by atoms with Crippen molar-refractivity contribution in [3.8, 4) is 0 Å².